The van der Waals surface area contributed by atoms with Crippen LogP contribution >= 0.6 is 0 Å². The molecule has 0 radical (unpaired) electrons. The molecular formula is C20H18FNO2. The van der Waals surface area contributed by atoms with Crippen LogP contribution in [0.25, 0.3) is 0 Å². The van der Waals surface area contributed by atoms with Gasteiger partial charge in [0.15, 0.2) is 0 Å². The number of hydrogen-bond donors (Lipinski definition) is 0. The minimum Gasteiger partial charge on any atom is -0.274 e. The summed E-state index contributed by atoms with van der Waals surface area (Å²) < 4.78 is 13.0. The first-order chi connectivity index (χ1) is 11.6. The molecule has 0 bridgehead atoms. The zero-order valence-electron chi connectivity index (χ0n) is 13.5. The van der Waals surface area contributed by atoms with Crippen LogP contribution < -0.4 is 0 Å². The summed E-state index contributed by atoms with van der Waals surface area (Å²) in [6, 6.07) is 12.0. The van der Waals surface area contributed by atoms with Crippen LogP contribution in [-0.2, 0) is 6.42 Å². The largest absolute Gasteiger partial charge is 0.274 e. The normalized spacial score (nSPS) is 22.0. The van der Waals surface area contributed by atoms with Gasteiger partial charge in [-0.05, 0) is 54.0 Å². The highest BCUT2D eigenvalue weighted by Crippen LogP contribution is 2.48. The van der Waals surface area contributed by atoms with Gasteiger partial charge in [0.1, 0.15) is 5.82 Å². The number of hydrogen-bond acceptors (Lipinski definition) is 2. The topological polar surface area (TPSA) is 37.4 Å². The van der Waals surface area contributed by atoms with E-state index in [1.54, 1.807) is 18.2 Å². The summed E-state index contributed by atoms with van der Waals surface area (Å²) in [4.78, 5) is 26.7. The standard InChI is InChI=1S/C20H18FNO2/c1-2-12-4-3-5-16-18(12)20(24)22(19(16)23)11-14-10-17(14)13-6-8-15(21)9-7-13/h3-9,14,17H,2,10-11H2,1H3/t14-,17-/m0/s1. The molecule has 0 unspecified atom stereocenters. The molecule has 2 amide bonds. The summed E-state index contributed by atoms with van der Waals surface area (Å²) in [5.41, 5.74) is 3.11. The lowest BCUT2D eigenvalue weighted by atomic mass is 10.0. The maximum Gasteiger partial charge on any atom is 0.261 e. The van der Waals surface area contributed by atoms with Gasteiger partial charge in [-0.25, -0.2) is 4.39 Å². The van der Waals surface area contributed by atoms with Crippen molar-refractivity contribution in [1.29, 1.82) is 0 Å². The number of amides is 2. The van der Waals surface area contributed by atoms with Crippen LogP contribution in [0.4, 0.5) is 4.39 Å². The SMILES string of the molecule is CCc1cccc2c1C(=O)N(C[C@@H]1C[C@H]1c1ccc(F)cc1)C2=O. The summed E-state index contributed by atoms with van der Waals surface area (Å²) in [5, 5.41) is 0. The van der Waals surface area contributed by atoms with Gasteiger partial charge < -0.3 is 0 Å². The molecule has 1 fully saturated rings. The predicted molar refractivity (Wildman–Crippen MR) is 88.4 cm³/mol. The quantitative estimate of drug-likeness (QED) is 0.803. The van der Waals surface area contributed by atoms with Crippen molar-refractivity contribution in [3.63, 3.8) is 0 Å². The molecule has 2 aromatic carbocycles. The van der Waals surface area contributed by atoms with Crippen LogP contribution in [0.2, 0.25) is 0 Å². The lowest BCUT2D eigenvalue weighted by Gasteiger charge is -2.13. The average Bonchev–Trinajstić information content (AvgIpc) is 3.32. The second-order valence-corrected chi connectivity index (χ2v) is 6.57. The Hall–Kier alpha value is -2.49. The maximum atomic E-state index is 13.0. The first-order valence-corrected chi connectivity index (χ1v) is 8.33. The van der Waals surface area contributed by atoms with Crippen LogP contribution in [0.5, 0.6) is 0 Å². The molecule has 1 saturated carbocycles. The second-order valence-electron chi connectivity index (χ2n) is 6.57. The van der Waals surface area contributed by atoms with Crippen molar-refractivity contribution in [2.24, 2.45) is 5.92 Å². The van der Waals surface area contributed by atoms with E-state index >= 15 is 0 Å². The lowest BCUT2D eigenvalue weighted by Crippen LogP contribution is -2.32. The van der Waals surface area contributed by atoms with Crippen LogP contribution in [0.15, 0.2) is 42.5 Å². The fourth-order valence-corrected chi connectivity index (χ4v) is 3.67. The van der Waals surface area contributed by atoms with E-state index in [4.69, 9.17) is 0 Å². The Labute approximate surface area is 140 Å². The molecule has 4 heteroatoms. The molecule has 2 aromatic rings. The fourth-order valence-electron chi connectivity index (χ4n) is 3.67. The number of imide groups is 1. The molecule has 0 aromatic heterocycles. The van der Waals surface area contributed by atoms with Crippen LogP contribution in [-0.4, -0.2) is 23.3 Å². The summed E-state index contributed by atoms with van der Waals surface area (Å²) in [7, 11) is 0. The molecule has 122 valence electrons. The van der Waals surface area contributed by atoms with Crippen LogP contribution in [0.3, 0.4) is 0 Å². The van der Waals surface area contributed by atoms with E-state index in [9.17, 15) is 14.0 Å². The molecule has 24 heavy (non-hydrogen) atoms. The van der Waals surface area contributed by atoms with E-state index in [1.165, 1.54) is 17.0 Å². The molecule has 2 atom stereocenters. The third kappa shape index (κ3) is 2.33. The Bertz CT molecular complexity index is 828. The van der Waals surface area contributed by atoms with E-state index in [-0.39, 0.29) is 23.5 Å². The Morgan fingerprint density at radius 2 is 1.83 bits per heavy atom. The van der Waals surface area contributed by atoms with Crippen LogP contribution in [0, 0.1) is 11.7 Å². The number of aryl methyl sites for hydroxylation is 1. The van der Waals surface area contributed by atoms with E-state index in [0.717, 1.165) is 24.0 Å². The monoisotopic (exact) mass is 323 g/mol. The van der Waals surface area contributed by atoms with Gasteiger partial charge in [0.2, 0.25) is 0 Å². The first kappa shape index (κ1) is 15.1. The molecule has 4 rings (SSSR count). The van der Waals surface area contributed by atoms with Crippen molar-refractivity contribution in [2.45, 2.75) is 25.7 Å². The predicted octanol–water partition coefficient (Wildman–Crippen LogP) is 3.79. The van der Waals surface area contributed by atoms with E-state index in [2.05, 4.69) is 0 Å². The van der Waals surface area contributed by atoms with Gasteiger partial charge in [0.25, 0.3) is 11.8 Å². The van der Waals surface area contributed by atoms with E-state index < -0.39 is 0 Å². The summed E-state index contributed by atoms with van der Waals surface area (Å²) in [6.45, 7) is 2.43. The Balaban J connectivity index is 1.52. The fraction of sp³-hybridized carbons (Fsp3) is 0.300. The Morgan fingerprint density at radius 1 is 1.08 bits per heavy atom. The zero-order chi connectivity index (χ0) is 16.8. The van der Waals surface area contributed by atoms with E-state index in [0.29, 0.717) is 23.6 Å². The van der Waals surface area contributed by atoms with Gasteiger partial charge in [-0.2, -0.15) is 0 Å². The van der Waals surface area contributed by atoms with Crippen molar-refractivity contribution < 1.29 is 14.0 Å². The Morgan fingerprint density at radius 3 is 2.54 bits per heavy atom. The van der Waals surface area contributed by atoms with Crippen molar-refractivity contribution in [2.75, 3.05) is 6.54 Å². The van der Waals surface area contributed by atoms with E-state index in [1.807, 2.05) is 19.1 Å². The average molecular weight is 323 g/mol. The third-order valence-electron chi connectivity index (χ3n) is 5.10. The maximum absolute atomic E-state index is 13.0. The highest BCUT2D eigenvalue weighted by Gasteiger charge is 2.45. The molecule has 1 heterocycles. The third-order valence-corrected chi connectivity index (χ3v) is 5.10. The van der Waals surface area contributed by atoms with Gasteiger partial charge >= 0.3 is 0 Å². The molecule has 1 aliphatic carbocycles. The first-order valence-electron chi connectivity index (χ1n) is 8.33. The number of carbonyl (C=O) groups excluding carboxylic acids is 2. The highest BCUT2D eigenvalue weighted by atomic mass is 19.1. The molecule has 2 aliphatic rings. The summed E-state index contributed by atoms with van der Waals surface area (Å²) in [5.74, 6) is -0.0287. The number of rotatable bonds is 4. The van der Waals surface area contributed by atoms with Gasteiger partial charge in [-0.1, -0.05) is 31.2 Å². The van der Waals surface area contributed by atoms with Gasteiger partial charge in [0, 0.05) is 6.54 Å². The van der Waals surface area contributed by atoms with Crippen molar-refractivity contribution in [3.8, 4) is 0 Å². The lowest BCUT2D eigenvalue weighted by molar-refractivity contribution is 0.0646. The zero-order valence-corrected chi connectivity index (χ0v) is 13.5. The minimum atomic E-state index is -0.247. The number of carbonyl (C=O) groups is 2. The number of benzene rings is 2. The van der Waals surface area contributed by atoms with Gasteiger partial charge in [0.05, 0.1) is 11.1 Å². The van der Waals surface area contributed by atoms with Crippen molar-refractivity contribution >= 4 is 11.8 Å². The van der Waals surface area contributed by atoms with Gasteiger partial charge in [-0.15, -0.1) is 0 Å². The molecule has 3 nitrogen and oxygen atoms in total. The molecule has 0 saturated heterocycles. The molecular weight excluding hydrogens is 305 g/mol. The summed E-state index contributed by atoms with van der Waals surface area (Å²) >= 11 is 0. The van der Waals surface area contributed by atoms with Crippen molar-refractivity contribution in [1.82, 2.24) is 4.90 Å². The number of nitrogens with zero attached hydrogens (tertiary/aromatic N) is 1. The second kappa shape index (κ2) is 5.55. The molecule has 0 N–H and O–H groups in total. The number of fused-ring (bicyclic) bond motifs is 1. The number of halogens is 1. The van der Waals surface area contributed by atoms with Crippen LogP contribution in [0.1, 0.15) is 51.1 Å². The molecule has 0 spiro atoms. The highest BCUT2D eigenvalue weighted by molar-refractivity contribution is 6.22. The van der Waals surface area contributed by atoms with Crippen molar-refractivity contribution in [3.05, 3.63) is 70.5 Å². The Kier molecular flexibility index (Phi) is 3.48. The minimum absolute atomic E-state index is 0.169. The smallest absolute Gasteiger partial charge is 0.261 e. The van der Waals surface area contributed by atoms with Gasteiger partial charge in [-0.3, -0.25) is 14.5 Å². The molecule has 1 aliphatic heterocycles. The summed E-state index contributed by atoms with van der Waals surface area (Å²) in [6.07, 6.45) is 1.66.